The van der Waals surface area contributed by atoms with Gasteiger partial charge in [0.15, 0.2) is 5.84 Å². The van der Waals surface area contributed by atoms with Gasteiger partial charge in [-0.3, -0.25) is 5.41 Å². The van der Waals surface area contributed by atoms with Crippen LogP contribution in [0.25, 0.3) is 0 Å². The Balaban J connectivity index is 0. The lowest BCUT2D eigenvalue weighted by Gasteiger charge is -2.12. The van der Waals surface area contributed by atoms with E-state index in [1.165, 1.54) is 13.8 Å². The molecule has 0 aromatic rings. The third-order valence-corrected chi connectivity index (χ3v) is 0.738. The topological polar surface area (TPSA) is 56.4 Å². The van der Waals surface area contributed by atoms with E-state index in [-0.39, 0.29) is 5.84 Å². The molecule has 0 atom stereocenters. The van der Waals surface area contributed by atoms with Gasteiger partial charge in [0.1, 0.15) is 5.60 Å². The summed E-state index contributed by atoms with van der Waals surface area (Å²) in [4.78, 5) is 3.24. The van der Waals surface area contributed by atoms with Crippen molar-refractivity contribution in [1.29, 1.82) is 5.41 Å². The van der Waals surface area contributed by atoms with Crippen LogP contribution in [0.2, 0.25) is 0 Å². The predicted octanol–water partition coefficient (Wildman–Crippen LogP) is 1.46. The molecule has 3 nitrogen and oxygen atoms in total. The van der Waals surface area contributed by atoms with Gasteiger partial charge in [0.2, 0.25) is 0 Å². The average molecular weight is 144 g/mol. The number of hydrogen-bond acceptors (Lipinski definition) is 2. The second-order valence-electron chi connectivity index (χ2n) is 2.07. The average Bonchev–Trinajstić information content (AvgIpc) is 1.89. The fourth-order valence-electron chi connectivity index (χ4n) is 0.193. The van der Waals surface area contributed by atoms with Crippen LogP contribution in [0.3, 0.4) is 0 Å². The normalized spacial score (nSPS) is 9.30. The van der Waals surface area contributed by atoms with Crippen LogP contribution in [0.5, 0.6) is 0 Å². The number of aliphatic hydroxyl groups is 1. The van der Waals surface area contributed by atoms with Crippen molar-refractivity contribution in [3.05, 3.63) is 0 Å². The van der Waals surface area contributed by atoms with Gasteiger partial charge in [0, 0.05) is 0 Å². The molecule has 0 heterocycles. The molecular formula is C7H16N2O. The highest BCUT2D eigenvalue weighted by Gasteiger charge is 2.17. The van der Waals surface area contributed by atoms with Gasteiger partial charge in [-0.25, -0.2) is 4.99 Å². The molecule has 3 heteroatoms. The molecule has 0 aromatic heterocycles. The van der Waals surface area contributed by atoms with E-state index in [1.807, 2.05) is 13.8 Å². The number of nitrogens with one attached hydrogen (secondary N) is 1. The molecule has 0 saturated carbocycles. The van der Waals surface area contributed by atoms with Crippen molar-refractivity contribution in [3.8, 4) is 0 Å². The third-order valence-electron chi connectivity index (χ3n) is 0.738. The van der Waals surface area contributed by atoms with E-state index in [0.29, 0.717) is 0 Å². The quantitative estimate of drug-likeness (QED) is 0.425. The lowest BCUT2D eigenvalue weighted by Crippen LogP contribution is -2.28. The standard InChI is InChI=1S/C5H10N2O.C2H6/c1-5(2,8)4(6)7-3;1-2/h6,8H,3H2,1-2H3;1-2H3. The molecule has 2 N–H and O–H groups in total. The maximum Gasteiger partial charge on any atom is 0.151 e. The van der Waals surface area contributed by atoms with Crippen molar-refractivity contribution >= 4 is 12.6 Å². The summed E-state index contributed by atoms with van der Waals surface area (Å²) in [6.07, 6.45) is 0. The predicted molar refractivity (Wildman–Crippen MR) is 44.9 cm³/mol. The van der Waals surface area contributed by atoms with Crippen LogP contribution in [0.4, 0.5) is 0 Å². The second-order valence-corrected chi connectivity index (χ2v) is 2.07. The van der Waals surface area contributed by atoms with E-state index in [1.54, 1.807) is 0 Å². The molecule has 0 rings (SSSR count). The molecule has 10 heavy (non-hydrogen) atoms. The minimum Gasteiger partial charge on any atom is -0.382 e. The molecule has 0 aliphatic carbocycles. The van der Waals surface area contributed by atoms with Gasteiger partial charge in [0.05, 0.1) is 0 Å². The molecular weight excluding hydrogens is 128 g/mol. The highest BCUT2D eigenvalue weighted by molar-refractivity contribution is 5.90. The fraction of sp³-hybridized carbons (Fsp3) is 0.714. The zero-order valence-electron chi connectivity index (χ0n) is 7.10. The first-order valence-electron chi connectivity index (χ1n) is 3.26. The van der Waals surface area contributed by atoms with Gasteiger partial charge in [-0.15, -0.1) is 0 Å². The van der Waals surface area contributed by atoms with Crippen molar-refractivity contribution in [2.75, 3.05) is 0 Å². The maximum absolute atomic E-state index is 8.93. The van der Waals surface area contributed by atoms with Crippen LogP contribution in [-0.4, -0.2) is 23.3 Å². The van der Waals surface area contributed by atoms with Crippen molar-refractivity contribution < 1.29 is 5.11 Å². The van der Waals surface area contributed by atoms with Gasteiger partial charge in [0.25, 0.3) is 0 Å². The maximum atomic E-state index is 8.93. The van der Waals surface area contributed by atoms with Crippen LogP contribution in [0.1, 0.15) is 27.7 Å². The minimum atomic E-state index is -1.14. The molecule has 0 saturated heterocycles. The Morgan fingerprint density at radius 3 is 1.80 bits per heavy atom. The Labute approximate surface area is 62.3 Å². The summed E-state index contributed by atoms with van der Waals surface area (Å²) in [5.74, 6) is -0.0995. The smallest absolute Gasteiger partial charge is 0.151 e. The van der Waals surface area contributed by atoms with Crippen molar-refractivity contribution in [2.45, 2.75) is 33.3 Å². The highest BCUT2D eigenvalue weighted by atomic mass is 16.3. The zero-order valence-corrected chi connectivity index (χ0v) is 7.10. The molecule has 0 aliphatic rings. The van der Waals surface area contributed by atoms with E-state index in [9.17, 15) is 0 Å². The van der Waals surface area contributed by atoms with E-state index < -0.39 is 5.60 Å². The third kappa shape index (κ3) is 5.44. The van der Waals surface area contributed by atoms with Gasteiger partial charge < -0.3 is 5.11 Å². The summed E-state index contributed by atoms with van der Waals surface area (Å²) in [6, 6.07) is 0. The van der Waals surface area contributed by atoms with Crippen LogP contribution in [0.15, 0.2) is 4.99 Å². The number of rotatable bonds is 1. The molecule has 0 amide bonds. The minimum absolute atomic E-state index is 0.0995. The summed E-state index contributed by atoms with van der Waals surface area (Å²) in [5.41, 5.74) is -1.14. The second kappa shape index (κ2) is 5.11. The van der Waals surface area contributed by atoms with E-state index >= 15 is 0 Å². The van der Waals surface area contributed by atoms with E-state index in [0.717, 1.165) is 0 Å². The highest BCUT2D eigenvalue weighted by Crippen LogP contribution is 2.01. The molecule has 0 aliphatic heterocycles. The molecule has 0 spiro atoms. The zero-order chi connectivity index (χ0) is 8.78. The first-order chi connectivity index (χ1) is 4.48. The van der Waals surface area contributed by atoms with Gasteiger partial charge in [-0.05, 0) is 20.6 Å². The van der Waals surface area contributed by atoms with E-state index in [4.69, 9.17) is 10.5 Å². The van der Waals surface area contributed by atoms with Crippen molar-refractivity contribution in [2.24, 2.45) is 4.99 Å². The molecule has 0 unspecified atom stereocenters. The molecule has 0 fully saturated rings. The van der Waals surface area contributed by atoms with E-state index in [2.05, 4.69) is 11.7 Å². The van der Waals surface area contributed by atoms with Crippen molar-refractivity contribution in [3.63, 3.8) is 0 Å². The Hall–Kier alpha value is -0.700. The summed E-state index contributed by atoms with van der Waals surface area (Å²) in [5, 5.41) is 15.8. The monoisotopic (exact) mass is 144 g/mol. The van der Waals surface area contributed by atoms with Gasteiger partial charge >= 0.3 is 0 Å². The number of hydrogen-bond donors (Lipinski definition) is 2. The van der Waals surface area contributed by atoms with Crippen LogP contribution in [0, 0.1) is 5.41 Å². The number of amidine groups is 1. The van der Waals surface area contributed by atoms with Crippen LogP contribution in [-0.2, 0) is 0 Å². The summed E-state index contributed by atoms with van der Waals surface area (Å²) in [6.45, 7) is 10.1. The lowest BCUT2D eigenvalue weighted by atomic mass is 10.1. The summed E-state index contributed by atoms with van der Waals surface area (Å²) in [7, 11) is 0. The van der Waals surface area contributed by atoms with Crippen LogP contribution < -0.4 is 0 Å². The molecule has 0 bridgehead atoms. The fourth-order valence-corrected chi connectivity index (χ4v) is 0.193. The molecule has 60 valence electrons. The Kier molecular flexibility index (Phi) is 6.15. The first kappa shape index (κ1) is 12.0. The summed E-state index contributed by atoms with van der Waals surface area (Å²) >= 11 is 0. The molecule has 0 aromatic carbocycles. The Morgan fingerprint density at radius 2 is 1.80 bits per heavy atom. The number of aliphatic imine (C=N–C) groups is 1. The first-order valence-corrected chi connectivity index (χ1v) is 3.26. The summed E-state index contributed by atoms with van der Waals surface area (Å²) < 4.78 is 0. The Bertz CT molecular complexity index is 113. The largest absolute Gasteiger partial charge is 0.382 e. The lowest BCUT2D eigenvalue weighted by molar-refractivity contribution is 0.152. The Morgan fingerprint density at radius 1 is 1.50 bits per heavy atom. The van der Waals surface area contributed by atoms with Crippen LogP contribution >= 0.6 is 0 Å². The SMILES string of the molecule is C=NC(=N)C(C)(C)O.CC. The molecule has 0 radical (unpaired) electrons. The van der Waals surface area contributed by atoms with Crippen molar-refractivity contribution in [1.82, 2.24) is 0 Å². The van der Waals surface area contributed by atoms with Gasteiger partial charge in [-0.2, -0.15) is 0 Å². The van der Waals surface area contributed by atoms with Gasteiger partial charge in [-0.1, -0.05) is 13.8 Å². The number of nitrogens with zero attached hydrogens (tertiary/aromatic N) is 1.